The van der Waals surface area contributed by atoms with Crippen LogP contribution in [0.25, 0.3) is 0 Å². The first-order valence-corrected chi connectivity index (χ1v) is 13.0. The van der Waals surface area contributed by atoms with Crippen molar-refractivity contribution >= 4 is 5.71 Å². The summed E-state index contributed by atoms with van der Waals surface area (Å²) >= 11 is 0. The molecule has 1 saturated heterocycles. The minimum absolute atomic E-state index is 0.271. The van der Waals surface area contributed by atoms with Crippen molar-refractivity contribution in [3.8, 4) is 0 Å². The maximum Gasteiger partial charge on any atom is 0.172 e. The zero-order valence-corrected chi connectivity index (χ0v) is 18.6. The monoisotopic (exact) mass is 394 g/mol. The van der Waals surface area contributed by atoms with Gasteiger partial charge in [-0.25, -0.2) is 0 Å². The van der Waals surface area contributed by atoms with E-state index in [4.69, 9.17) is 10.1 Å². The van der Waals surface area contributed by atoms with Crippen LogP contribution in [0.1, 0.15) is 84.5 Å². The van der Waals surface area contributed by atoms with Crippen LogP contribution in [0.15, 0.2) is 11.6 Å². The van der Waals surface area contributed by atoms with Crippen molar-refractivity contribution in [2.45, 2.75) is 90.1 Å². The standard InChI is InChI=1S/C27H39NO/c1-3-26-11-9-20-19-8-7-18(28)13-16(19)15-25(2,17-5-6-17)23(20)24(26)21-14-22(21)27(26)10-4-12-29-27/h13,17,19-24,28H,3-12,14-15H2,1-2H3/p+1. The van der Waals surface area contributed by atoms with Crippen LogP contribution in [0, 0.1) is 52.3 Å². The van der Waals surface area contributed by atoms with Gasteiger partial charge in [0.1, 0.15) is 0 Å². The molecule has 7 rings (SSSR count). The average Bonchev–Trinajstić information content (AvgIpc) is 3.65. The average molecular weight is 395 g/mol. The fourth-order valence-electron chi connectivity index (χ4n) is 10.8. The Balaban J connectivity index is 1.37. The topological polar surface area (TPSA) is 34.8 Å². The smallest absolute Gasteiger partial charge is 0.172 e. The normalized spacial score (nSPS) is 57.7. The second-order valence-electron chi connectivity index (χ2n) is 12.5. The Labute approximate surface area is 176 Å². The maximum absolute atomic E-state index is 6.83. The van der Waals surface area contributed by atoms with Crippen molar-refractivity contribution in [3.05, 3.63) is 11.6 Å². The Bertz CT molecular complexity index is 788. The first-order valence-electron chi connectivity index (χ1n) is 13.0. The summed E-state index contributed by atoms with van der Waals surface area (Å²) in [5.74, 6) is 6.54. The van der Waals surface area contributed by atoms with E-state index in [1.54, 1.807) is 5.57 Å². The van der Waals surface area contributed by atoms with E-state index in [1.807, 2.05) is 0 Å². The number of allylic oxidation sites excluding steroid dienone is 2. The number of ether oxygens (including phenoxy) is 1. The first-order chi connectivity index (χ1) is 14.0. The van der Waals surface area contributed by atoms with Gasteiger partial charge in [-0.1, -0.05) is 19.4 Å². The van der Waals surface area contributed by atoms with Gasteiger partial charge in [-0.05, 0) is 111 Å². The molecule has 0 amide bonds. The molecule has 2 heteroatoms. The first kappa shape index (κ1) is 18.0. The van der Waals surface area contributed by atoms with Crippen LogP contribution in [-0.4, -0.2) is 17.9 Å². The minimum Gasteiger partial charge on any atom is -0.374 e. The largest absolute Gasteiger partial charge is 0.374 e. The van der Waals surface area contributed by atoms with E-state index in [0.29, 0.717) is 10.8 Å². The molecule has 9 unspecified atom stereocenters. The summed E-state index contributed by atoms with van der Waals surface area (Å²) in [5, 5.41) is 6.35. The second-order valence-corrected chi connectivity index (χ2v) is 12.5. The zero-order chi connectivity index (χ0) is 19.6. The molecule has 1 heterocycles. The van der Waals surface area contributed by atoms with Crippen LogP contribution < -0.4 is 5.41 Å². The number of hydrogen-bond donors (Lipinski definition) is 1. The summed E-state index contributed by atoms with van der Waals surface area (Å²) in [6.45, 7) is 6.30. The molecule has 0 aromatic rings. The Morgan fingerprint density at radius 1 is 1.10 bits per heavy atom. The van der Waals surface area contributed by atoms with Crippen molar-refractivity contribution in [3.63, 3.8) is 0 Å². The highest BCUT2D eigenvalue weighted by atomic mass is 16.5. The predicted octanol–water partition coefficient (Wildman–Crippen LogP) is 4.58. The summed E-state index contributed by atoms with van der Waals surface area (Å²) in [7, 11) is 0. The molecule has 6 fully saturated rings. The third kappa shape index (κ3) is 2.02. The highest BCUT2D eigenvalue weighted by Crippen LogP contribution is 2.81. The molecule has 6 aliphatic carbocycles. The SMILES string of the molecule is CCC12CCC3C4CCC(=[NH2+])C=C4CC(C)(C4CC4)C3C1C1CC1C21CCCO1. The van der Waals surface area contributed by atoms with E-state index in [-0.39, 0.29) is 5.60 Å². The zero-order valence-electron chi connectivity index (χ0n) is 18.6. The summed E-state index contributed by atoms with van der Waals surface area (Å²) < 4.78 is 6.83. The van der Waals surface area contributed by atoms with Crippen LogP contribution >= 0.6 is 0 Å². The van der Waals surface area contributed by atoms with E-state index in [0.717, 1.165) is 60.2 Å². The lowest BCUT2D eigenvalue weighted by molar-refractivity contribution is -0.181. The van der Waals surface area contributed by atoms with E-state index in [9.17, 15) is 0 Å². The molecule has 0 aromatic heterocycles. The molecule has 9 atom stereocenters. The number of hydrogen-bond acceptors (Lipinski definition) is 1. The van der Waals surface area contributed by atoms with Crippen LogP contribution in [0.2, 0.25) is 0 Å². The van der Waals surface area contributed by atoms with Crippen LogP contribution in [0.3, 0.4) is 0 Å². The predicted molar refractivity (Wildman–Crippen MR) is 115 cm³/mol. The van der Waals surface area contributed by atoms with Gasteiger partial charge in [0.05, 0.1) is 5.60 Å². The molecule has 2 N–H and O–H groups in total. The minimum atomic E-state index is 0.271. The van der Waals surface area contributed by atoms with Gasteiger partial charge >= 0.3 is 0 Å². The Morgan fingerprint density at radius 3 is 2.69 bits per heavy atom. The van der Waals surface area contributed by atoms with E-state index in [1.165, 1.54) is 64.2 Å². The van der Waals surface area contributed by atoms with Gasteiger partial charge in [-0.3, -0.25) is 5.41 Å². The van der Waals surface area contributed by atoms with Crippen LogP contribution in [-0.2, 0) is 4.74 Å². The van der Waals surface area contributed by atoms with E-state index >= 15 is 0 Å². The maximum atomic E-state index is 6.83. The molecule has 0 aromatic carbocycles. The molecular weight excluding hydrogens is 354 g/mol. The Hall–Kier alpha value is -0.630. The molecule has 158 valence electrons. The lowest BCUT2D eigenvalue weighted by atomic mass is 9.41. The summed E-state index contributed by atoms with van der Waals surface area (Å²) in [5.41, 5.74) is 4.20. The van der Waals surface area contributed by atoms with Gasteiger partial charge in [0.25, 0.3) is 0 Å². The molecule has 2 nitrogen and oxygen atoms in total. The highest BCUT2D eigenvalue weighted by Gasteiger charge is 2.79. The third-order valence-electron chi connectivity index (χ3n) is 11.8. The van der Waals surface area contributed by atoms with Crippen molar-refractivity contribution in [1.29, 1.82) is 0 Å². The lowest BCUT2D eigenvalue weighted by Gasteiger charge is -2.63. The van der Waals surface area contributed by atoms with Crippen molar-refractivity contribution < 1.29 is 10.1 Å². The van der Waals surface area contributed by atoms with Gasteiger partial charge in [-0.15, -0.1) is 0 Å². The molecule has 7 aliphatic rings. The fourth-order valence-corrected chi connectivity index (χ4v) is 10.8. The van der Waals surface area contributed by atoms with Gasteiger partial charge in [0.2, 0.25) is 0 Å². The van der Waals surface area contributed by atoms with Crippen molar-refractivity contribution in [1.82, 2.24) is 0 Å². The van der Waals surface area contributed by atoms with Gasteiger partial charge in [-0.2, -0.15) is 0 Å². The molecule has 0 bridgehead atoms. The summed E-state index contributed by atoms with van der Waals surface area (Å²) in [6.07, 6.45) is 17.7. The second kappa shape index (κ2) is 5.59. The number of fused-ring (bicyclic) bond motifs is 9. The number of rotatable bonds is 2. The van der Waals surface area contributed by atoms with Crippen molar-refractivity contribution in [2.24, 2.45) is 52.3 Å². The third-order valence-corrected chi connectivity index (χ3v) is 11.8. The Kier molecular flexibility index (Phi) is 3.47. The van der Waals surface area contributed by atoms with Gasteiger partial charge in [0, 0.05) is 24.5 Å². The molecule has 1 aliphatic heterocycles. The lowest BCUT2D eigenvalue weighted by Crippen LogP contribution is -2.60. The Morgan fingerprint density at radius 2 is 1.97 bits per heavy atom. The van der Waals surface area contributed by atoms with Crippen LogP contribution in [0.4, 0.5) is 0 Å². The summed E-state index contributed by atoms with van der Waals surface area (Å²) in [6, 6.07) is 0. The molecule has 29 heavy (non-hydrogen) atoms. The van der Waals surface area contributed by atoms with Gasteiger partial charge < -0.3 is 4.74 Å². The van der Waals surface area contributed by atoms with E-state index < -0.39 is 0 Å². The quantitative estimate of drug-likeness (QED) is 0.731. The highest BCUT2D eigenvalue weighted by molar-refractivity contribution is 5.91. The molecule has 1 spiro atoms. The molecular formula is C27H40NO+. The van der Waals surface area contributed by atoms with E-state index in [2.05, 4.69) is 19.9 Å². The molecule has 0 radical (unpaired) electrons. The summed E-state index contributed by atoms with van der Waals surface area (Å²) in [4.78, 5) is 0. The van der Waals surface area contributed by atoms with Gasteiger partial charge in [0.15, 0.2) is 5.71 Å². The number of nitrogens with two attached hydrogens (primary N) is 1. The van der Waals surface area contributed by atoms with Crippen LogP contribution in [0.5, 0.6) is 0 Å². The van der Waals surface area contributed by atoms with Crippen molar-refractivity contribution in [2.75, 3.05) is 6.61 Å². The fraction of sp³-hybridized carbons (Fsp3) is 0.889. The molecule has 5 saturated carbocycles.